The fourth-order valence-corrected chi connectivity index (χ4v) is 3.76. The second-order valence-corrected chi connectivity index (χ2v) is 11.5. The second-order valence-electron chi connectivity index (χ2n) is 11.5. The highest BCUT2D eigenvalue weighted by molar-refractivity contribution is 5.89. The normalized spacial score (nSPS) is 14.0. The Labute approximate surface area is 231 Å². The predicted molar refractivity (Wildman–Crippen MR) is 150 cm³/mol. The van der Waals surface area contributed by atoms with Crippen LogP contribution < -0.4 is 16.0 Å². The molecule has 3 atom stereocenters. The van der Waals surface area contributed by atoms with Gasteiger partial charge >= 0.3 is 12.2 Å². The van der Waals surface area contributed by atoms with Crippen molar-refractivity contribution >= 4 is 18.0 Å². The number of aliphatic hydroxyl groups is 1. The summed E-state index contributed by atoms with van der Waals surface area (Å²) in [5, 5.41) is 19.4. The minimum atomic E-state index is -1.02. The van der Waals surface area contributed by atoms with Crippen LogP contribution in [0.3, 0.4) is 0 Å². The minimum absolute atomic E-state index is 0.0313. The summed E-state index contributed by atoms with van der Waals surface area (Å²) in [6.07, 6.45) is -1.67. The van der Waals surface area contributed by atoms with Crippen LogP contribution >= 0.6 is 0 Å². The first-order valence-corrected chi connectivity index (χ1v) is 13.2. The molecule has 9 nitrogen and oxygen atoms in total. The molecular weight excluding hydrogens is 498 g/mol. The average Bonchev–Trinajstić information content (AvgIpc) is 2.82. The molecule has 2 aromatic rings. The number of aliphatic hydroxyl groups excluding tert-OH is 1. The number of alkyl carbamates (subject to hydrolysis) is 2. The molecule has 9 heteroatoms. The van der Waals surface area contributed by atoms with Gasteiger partial charge in [-0.1, -0.05) is 60.7 Å². The van der Waals surface area contributed by atoms with Crippen molar-refractivity contribution in [1.82, 2.24) is 16.0 Å². The van der Waals surface area contributed by atoms with E-state index in [0.29, 0.717) is 12.8 Å². The van der Waals surface area contributed by atoms with E-state index in [1.165, 1.54) is 0 Å². The van der Waals surface area contributed by atoms with Crippen LogP contribution in [0.5, 0.6) is 0 Å². The van der Waals surface area contributed by atoms with Crippen LogP contribution in [-0.4, -0.2) is 65.6 Å². The monoisotopic (exact) mass is 541 g/mol. The molecule has 0 aliphatic heterocycles. The van der Waals surface area contributed by atoms with Crippen molar-refractivity contribution in [2.24, 2.45) is 0 Å². The summed E-state index contributed by atoms with van der Waals surface area (Å²) in [5.74, 6) is -0.267. The molecule has 0 heterocycles. The number of carbonyl (C=O) groups excluding carboxylic acids is 3. The maximum atomic E-state index is 13.1. The molecule has 0 aromatic heterocycles. The average molecular weight is 542 g/mol. The topological polar surface area (TPSA) is 126 Å². The Morgan fingerprint density at radius 3 is 1.69 bits per heavy atom. The fourth-order valence-electron chi connectivity index (χ4n) is 3.76. The highest BCUT2D eigenvalue weighted by Gasteiger charge is 2.27. The molecule has 0 unspecified atom stereocenters. The van der Waals surface area contributed by atoms with E-state index in [1.807, 2.05) is 60.7 Å². The summed E-state index contributed by atoms with van der Waals surface area (Å²) in [6.45, 7) is 10.5. The Bertz CT molecular complexity index is 1050. The third-order valence-corrected chi connectivity index (χ3v) is 5.48. The summed E-state index contributed by atoms with van der Waals surface area (Å²) < 4.78 is 10.7. The molecule has 0 bridgehead atoms. The maximum Gasteiger partial charge on any atom is 0.408 e. The molecule has 214 valence electrons. The third kappa shape index (κ3) is 13.3. The van der Waals surface area contributed by atoms with Gasteiger partial charge in [-0.15, -0.1) is 0 Å². The van der Waals surface area contributed by atoms with Crippen LogP contribution in [0.4, 0.5) is 9.59 Å². The van der Waals surface area contributed by atoms with E-state index < -0.39 is 41.6 Å². The molecule has 0 saturated carbocycles. The number of ether oxygens (including phenoxy) is 2. The number of nitrogens with one attached hydrogen (secondary N) is 3. The van der Waals surface area contributed by atoms with Crippen LogP contribution in [-0.2, 0) is 27.1 Å². The first-order valence-electron chi connectivity index (χ1n) is 13.2. The quantitative estimate of drug-likeness (QED) is 0.322. The fraction of sp³-hybridized carbons (Fsp3) is 0.500. The van der Waals surface area contributed by atoms with E-state index in [1.54, 1.807) is 41.5 Å². The van der Waals surface area contributed by atoms with E-state index in [9.17, 15) is 19.5 Å². The van der Waals surface area contributed by atoms with Gasteiger partial charge in [0.25, 0.3) is 0 Å². The first-order chi connectivity index (χ1) is 18.2. The Balaban J connectivity index is 2.03. The summed E-state index contributed by atoms with van der Waals surface area (Å²) >= 11 is 0. The van der Waals surface area contributed by atoms with Crippen molar-refractivity contribution in [2.75, 3.05) is 13.1 Å². The molecule has 0 radical (unpaired) electrons. The molecule has 2 rings (SSSR count). The van der Waals surface area contributed by atoms with Gasteiger partial charge < -0.3 is 30.5 Å². The Morgan fingerprint density at radius 2 is 1.21 bits per heavy atom. The van der Waals surface area contributed by atoms with E-state index in [4.69, 9.17) is 9.47 Å². The molecule has 0 aliphatic rings. The van der Waals surface area contributed by atoms with Crippen molar-refractivity contribution in [2.45, 2.75) is 83.8 Å². The second kappa shape index (κ2) is 14.6. The lowest BCUT2D eigenvalue weighted by Gasteiger charge is -2.27. The number of Topliss-reactive ketones (excluding diaryl/α,β-unsaturated/α-hetero) is 1. The van der Waals surface area contributed by atoms with Gasteiger partial charge in [0.05, 0.1) is 24.7 Å². The van der Waals surface area contributed by atoms with Gasteiger partial charge in [0, 0.05) is 6.54 Å². The van der Waals surface area contributed by atoms with Crippen LogP contribution in [0.1, 0.15) is 52.7 Å². The number of ketones is 1. The lowest BCUT2D eigenvalue weighted by atomic mass is 10.0. The molecule has 39 heavy (non-hydrogen) atoms. The third-order valence-electron chi connectivity index (χ3n) is 5.48. The number of hydrogen-bond acceptors (Lipinski definition) is 7. The van der Waals surface area contributed by atoms with Gasteiger partial charge in [0.1, 0.15) is 11.2 Å². The number of benzene rings is 2. The van der Waals surface area contributed by atoms with E-state index in [-0.39, 0.29) is 18.9 Å². The molecule has 2 amide bonds. The van der Waals surface area contributed by atoms with Crippen molar-refractivity contribution in [3.63, 3.8) is 0 Å². The number of carbonyl (C=O) groups is 3. The van der Waals surface area contributed by atoms with Gasteiger partial charge in [0.2, 0.25) is 0 Å². The molecule has 4 N–H and O–H groups in total. The number of amides is 2. The van der Waals surface area contributed by atoms with Gasteiger partial charge in [-0.05, 0) is 65.5 Å². The molecule has 0 aliphatic carbocycles. The number of rotatable bonds is 12. The predicted octanol–water partition coefficient (Wildman–Crippen LogP) is 3.78. The zero-order valence-electron chi connectivity index (χ0n) is 23.8. The van der Waals surface area contributed by atoms with Gasteiger partial charge in [-0.25, -0.2) is 9.59 Å². The summed E-state index contributed by atoms with van der Waals surface area (Å²) in [4.78, 5) is 38.0. The van der Waals surface area contributed by atoms with Crippen LogP contribution in [0.2, 0.25) is 0 Å². The summed E-state index contributed by atoms with van der Waals surface area (Å²) in [7, 11) is 0. The SMILES string of the molecule is CC(C)(C)OC(=O)N[C@@H](Cc1ccccc1)[C@@H](O)CNCC(=O)[C@@H](Cc1ccccc1)NC(=O)OC(C)(C)C. The molecule has 0 fully saturated rings. The lowest BCUT2D eigenvalue weighted by molar-refractivity contribution is -0.120. The van der Waals surface area contributed by atoms with Crippen molar-refractivity contribution in [3.8, 4) is 0 Å². The molecule has 2 aromatic carbocycles. The standard InChI is InChI=1S/C30H43N3O6/c1-29(2,3)38-27(36)32-23(17-21-13-9-7-10-14-21)25(34)19-31-20-26(35)24(18-22-15-11-8-12-16-22)33-28(37)39-30(4,5)6/h7-16,23-25,31,34H,17-20H2,1-6H3,(H,32,36)(H,33,37)/t23-,24+,25-/m0/s1. The Hall–Kier alpha value is -3.43. The zero-order valence-corrected chi connectivity index (χ0v) is 23.8. The first kappa shape index (κ1) is 31.8. The van der Waals surface area contributed by atoms with Gasteiger partial charge in [-0.2, -0.15) is 0 Å². The smallest absolute Gasteiger partial charge is 0.408 e. The van der Waals surface area contributed by atoms with Crippen LogP contribution in [0.25, 0.3) is 0 Å². The molecule has 0 saturated heterocycles. The van der Waals surface area contributed by atoms with Crippen LogP contribution in [0.15, 0.2) is 60.7 Å². The number of hydrogen-bond donors (Lipinski definition) is 4. The van der Waals surface area contributed by atoms with Crippen LogP contribution in [0, 0.1) is 0 Å². The van der Waals surface area contributed by atoms with Crippen molar-refractivity contribution < 1.29 is 29.0 Å². The largest absolute Gasteiger partial charge is 0.444 e. The summed E-state index contributed by atoms with van der Waals surface area (Å²) in [6, 6.07) is 17.3. The van der Waals surface area contributed by atoms with E-state index in [2.05, 4.69) is 16.0 Å². The van der Waals surface area contributed by atoms with Gasteiger partial charge in [0.15, 0.2) is 5.78 Å². The van der Waals surface area contributed by atoms with Crippen molar-refractivity contribution in [1.29, 1.82) is 0 Å². The minimum Gasteiger partial charge on any atom is -0.444 e. The molecule has 0 spiro atoms. The van der Waals surface area contributed by atoms with Gasteiger partial charge in [-0.3, -0.25) is 4.79 Å². The molecular formula is C30H43N3O6. The highest BCUT2D eigenvalue weighted by Crippen LogP contribution is 2.11. The van der Waals surface area contributed by atoms with E-state index in [0.717, 1.165) is 11.1 Å². The highest BCUT2D eigenvalue weighted by atomic mass is 16.6. The van der Waals surface area contributed by atoms with Crippen molar-refractivity contribution in [3.05, 3.63) is 71.8 Å². The summed E-state index contributed by atoms with van der Waals surface area (Å²) in [5.41, 5.74) is 0.419. The Kier molecular flexibility index (Phi) is 11.9. The lowest BCUT2D eigenvalue weighted by Crippen LogP contribution is -2.51. The zero-order chi connectivity index (χ0) is 29.1. The van der Waals surface area contributed by atoms with E-state index >= 15 is 0 Å². The Morgan fingerprint density at radius 1 is 0.744 bits per heavy atom. The maximum absolute atomic E-state index is 13.1.